The molecule has 1 atom stereocenters. The number of pyridine rings is 1. The third kappa shape index (κ3) is 3.26. The van der Waals surface area contributed by atoms with Crippen molar-refractivity contribution < 1.29 is 9.90 Å². The van der Waals surface area contributed by atoms with Crippen molar-refractivity contribution >= 4 is 29.0 Å². The Hall–Kier alpha value is -3.15. The highest BCUT2D eigenvalue weighted by Crippen LogP contribution is 2.33. The maximum Gasteiger partial charge on any atom is 0.207 e. The largest absolute Gasteiger partial charge is 0.379 e. The number of nitrogens with one attached hydrogen (secondary N) is 2. The Kier molecular flexibility index (Phi) is 4.86. The monoisotopic (exact) mass is 391 g/mol. The van der Waals surface area contributed by atoms with Crippen molar-refractivity contribution in [3.63, 3.8) is 0 Å². The Balaban J connectivity index is 1.75. The molecule has 140 valence electrons. The fourth-order valence-corrected chi connectivity index (χ4v) is 3.55. The van der Waals surface area contributed by atoms with E-state index in [9.17, 15) is 9.90 Å². The first kappa shape index (κ1) is 18.2. The zero-order chi connectivity index (χ0) is 19.6. The van der Waals surface area contributed by atoms with Crippen molar-refractivity contribution in [1.29, 1.82) is 0 Å². The minimum absolute atomic E-state index is 0.0504. The third-order valence-electron chi connectivity index (χ3n) is 4.90. The zero-order valence-corrected chi connectivity index (χ0v) is 15.6. The van der Waals surface area contributed by atoms with Crippen LogP contribution in [-0.2, 0) is 10.4 Å². The van der Waals surface area contributed by atoms with Crippen LogP contribution >= 0.6 is 11.6 Å². The van der Waals surface area contributed by atoms with E-state index in [1.54, 1.807) is 30.5 Å². The van der Waals surface area contributed by atoms with Crippen molar-refractivity contribution in [2.24, 2.45) is 0 Å². The van der Waals surface area contributed by atoms with Crippen LogP contribution in [0.2, 0.25) is 5.02 Å². The summed E-state index contributed by atoms with van der Waals surface area (Å²) in [7, 11) is 0. The summed E-state index contributed by atoms with van der Waals surface area (Å²) < 4.78 is 0. The Labute approximate surface area is 167 Å². The number of fused-ring (bicyclic) bond motifs is 1. The number of carbonyl (C=O) groups excluding carboxylic acids is 1. The van der Waals surface area contributed by atoms with Gasteiger partial charge in [0.25, 0.3) is 0 Å². The lowest BCUT2D eigenvalue weighted by atomic mass is 9.85. The number of carbonyl (C=O) groups is 1. The molecule has 5 nitrogen and oxygen atoms in total. The lowest BCUT2D eigenvalue weighted by Gasteiger charge is -2.29. The maximum atomic E-state index is 11.4. The number of H-pyrrole nitrogens is 1. The van der Waals surface area contributed by atoms with Gasteiger partial charge in [-0.05, 0) is 46.5 Å². The minimum Gasteiger partial charge on any atom is -0.379 e. The number of nitrogens with zero attached hydrogens (tertiary/aromatic N) is 1. The normalized spacial score (nSPS) is 13.2. The zero-order valence-electron chi connectivity index (χ0n) is 14.9. The molecule has 28 heavy (non-hydrogen) atoms. The second kappa shape index (κ2) is 7.46. The fraction of sp³-hybridized carbons (Fsp3) is 0.0909. The summed E-state index contributed by atoms with van der Waals surface area (Å²) in [6.07, 6.45) is 4.20. The molecule has 4 rings (SSSR count). The Morgan fingerprint density at radius 2 is 1.71 bits per heavy atom. The molecule has 0 bridgehead atoms. The molecule has 0 aliphatic rings. The van der Waals surface area contributed by atoms with Gasteiger partial charge in [-0.1, -0.05) is 48.0 Å². The Bertz CT molecular complexity index is 1110. The van der Waals surface area contributed by atoms with Crippen LogP contribution in [0.25, 0.3) is 22.2 Å². The average Bonchev–Trinajstić information content (AvgIpc) is 3.21. The molecule has 0 aliphatic heterocycles. The molecule has 6 heteroatoms. The van der Waals surface area contributed by atoms with E-state index in [0.717, 1.165) is 22.2 Å². The van der Waals surface area contributed by atoms with Crippen molar-refractivity contribution in [2.45, 2.75) is 5.60 Å². The molecule has 4 aromatic rings. The van der Waals surface area contributed by atoms with Gasteiger partial charge in [-0.15, -0.1) is 0 Å². The Morgan fingerprint density at radius 1 is 1.04 bits per heavy atom. The van der Waals surface area contributed by atoms with Crippen molar-refractivity contribution in [2.75, 3.05) is 6.54 Å². The van der Waals surface area contributed by atoms with Gasteiger partial charge >= 0.3 is 0 Å². The first-order valence-corrected chi connectivity index (χ1v) is 9.18. The van der Waals surface area contributed by atoms with E-state index in [4.69, 9.17) is 11.6 Å². The lowest BCUT2D eigenvalue weighted by Crippen LogP contribution is -2.38. The van der Waals surface area contributed by atoms with E-state index in [1.165, 1.54) is 0 Å². The highest BCUT2D eigenvalue weighted by atomic mass is 35.5. The van der Waals surface area contributed by atoms with Crippen LogP contribution in [0, 0.1) is 0 Å². The molecule has 0 aliphatic carbocycles. The van der Waals surface area contributed by atoms with Crippen LogP contribution in [0.4, 0.5) is 0 Å². The number of halogens is 1. The summed E-state index contributed by atoms with van der Waals surface area (Å²) in [6.45, 7) is 0.0504. The Morgan fingerprint density at radius 3 is 2.39 bits per heavy atom. The summed E-state index contributed by atoms with van der Waals surface area (Å²) in [5, 5.41) is 15.6. The number of aliphatic hydroxyl groups is 1. The van der Waals surface area contributed by atoms with Crippen LogP contribution < -0.4 is 5.32 Å². The predicted octanol–water partition coefficient (Wildman–Crippen LogP) is 3.87. The SMILES string of the molecule is O=CNCC(O)(c1ccc(Cl)cc1)c1ccc(-c2ccnc3[nH]ccc23)cc1. The minimum atomic E-state index is -1.37. The molecule has 3 N–H and O–H groups in total. The van der Waals surface area contributed by atoms with Crippen molar-refractivity contribution in [3.8, 4) is 11.1 Å². The predicted molar refractivity (Wildman–Crippen MR) is 110 cm³/mol. The van der Waals surface area contributed by atoms with Gasteiger partial charge in [-0.25, -0.2) is 4.98 Å². The number of aromatic amines is 1. The quantitative estimate of drug-likeness (QED) is 0.437. The van der Waals surface area contributed by atoms with Gasteiger partial charge in [0.2, 0.25) is 6.41 Å². The highest BCUT2D eigenvalue weighted by Gasteiger charge is 2.31. The van der Waals surface area contributed by atoms with Crippen LogP contribution in [-0.4, -0.2) is 28.0 Å². The van der Waals surface area contributed by atoms with Crippen LogP contribution in [0.5, 0.6) is 0 Å². The van der Waals surface area contributed by atoms with Crippen LogP contribution in [0.15, 0.2) is 73.1 Å². The van der Waals surface area contributed by atoms with E-state index < -0.39 is 5.60 Å². The van der Waals surface area contributed by atoms with Crippen LogP contribution in [0.3, 0.4) is 0 Å². The standard InChI is InChI=1S/C22H18ClN3O2/c23-18-7-5-17(6-8-18)22(28,13-24-14-27)16-3-1-15(2-4-16)19-9-11-25-21-20(19)10-12-26-21/h1-12,14,28H,13H2,(H,24,27)(H,25,26). The molecule has 0 saturated heterocycles. The molecule has 0 fully saturated rings. The molecule has 2 aromatic heterocycles. The summed E-state index contributed by atoms with van der Waals surface area (Å²) in [6, 6.07) is 18.6. The summed E-state index contributed by atoms with van der Waals surface area (Å²) in [4.78, 5) is 18.3. The molecule has 0 radical (unpaired) electrons. The number of rotatable bonds is 6. The molecule has 0 saturated carbocycles. The van der Waals surface area contributed by atoms with E-state index >= 15 is 0 Å². The van der Waals surface area contributed by atoms with Gasteiger partial charge in [-0.2, -0.15) is 0 Å². The number of aromatic nitrogens is 2. The van der Waals surface area contributed by atoms with Crippen LogP contribution in [0.1, 0.15) is 11.1 Å². The molecular formula is C22H18ClN3O2. The average molecular weight is 392 g/mol. The smallest absolute Gasteiger partial charge is 0.207 e. The van der Waals surface area contributed by atoms with E-state index in [2.05, 4.69) is 15.3 Å². The first-order valence-electron chi connectivity index (χ1n) is 8.80. The number of hydrogen-bond acceptors (Lipinski definition) is 3. The second-order valence-corrected chi connectivity index (χ2v) is 6.98. The van der Waals surface area contributed by atoms with Gasteiger partial charge in [0.05, 0.1) is 6.54 Å². The van der Waals surface area contributed by atoms with Gasteiger partial charge in [0, 0.05) is 22.8 Å². The molecule has 1 amide bonds. The van der Waals surface area contributed by atoms with E-state index in [0.29, 0.717) is 22.6 Å². The summed E-state index contributed by atoms with van der Waals surface area (Å²) in [5.41, 5.74) is 2.85. The molecule has 0 spiro atoms. The summed E-state index contributed by atoms with van der Waals surface area (Å²) >= 11 is 5.98. The van der Waals surface area contributed by atoms with Gasteiger partial charge in [-0.3, -0.25) is 4.79 Å². The second-order valence-electron chi connectivity index (χ2n) is 6.54. The molecular weight excluding hydrogens is 374 g/mol. The van der Waals surface area contributed by atoms with Gasteiger partial charge in [0.1, 0.15) is 11.2 Å². The lowest BCUT2D eigenvalue weighted by molar-refractivity contribution is -0.110. The molecule has 2 aromatic carbocycles. The fourth-order valence-electron chi connectivity index (χ4n) is 3.42. The molecule has 2 heterocycles. The summed E-state index contributed by atoms with van der Waals surface area (Å²) in [5.74, 6) is 0. The third-order valence-corrected chi connectivity index (χ3v) is 5.15. The van der Waals surface area contributed by atoms with Crippen molar-refractivity contribution in [1.82, 2.24) is 15.3 Å². The van der Waals surface area contributed by atoms with Gasteiger partial charge in [0.15, 0.2) is 0 Å². The number of amides is 1. The number of benzene rings is 2. The topological polar surface area (TPSA) is 78.0 Å². The first-order chi connectivity index (χ1) is 13.6. The molecule has 1 unspecified atom stereocenters. The van der Waals surface area contributed by atoms with Crippen molar-refractivity contribution in [3.05, 3.63) is 89.2 Å². The van der Waals surface area contributed by atoms with Gasteiger partial charge < -0.3 is 15.4 Å². The highest BCUT2D eigenvalue weighted by molar-refractivity contribution is 6.30. The maximum absolute atomic E-state index is 11.4. The number of hydrogen-bond donors (Lipinski definition) is 3. The van der Waals surface area contributed by atoms with E-state index in [1.807, 2.05) is 42.6 Å². The van der Waals surface area contributed by atoms with E-state index in [-0.39, 0.29) is 6.54 Å².